The van der Waals surface area contributed by atoms with Crippen LogP contribution in [0.15, 0.2) is 146 Å². The van der Waals surface area contributed by atoms with Crippen LogP contribution in [0.1, 0.15) is 12.5 Å². The normalized spacial score (nSPS) is 11.3. The minimum absolute atomic E-state index is 0.644. The maximum atomic E-state index is 6.55. The van der Waals surface area contributed by atoms with Gasteiger partial charge in [0.1, 0.15) is 0 Å². The van der Waals surface area contributed by atoms with Crippen molar-refractivity contribution in [2.45, 2.75) is 6.92 Å². The molecule has 7 aromatic rings. The molecule has 7 rings (SSSR count). The van der Waals surface area contributed by atoms with Crippen molar-refractivity contribution in [2.75, 3.05) is 5.73 Å². The molecule has 0 saturated carbocycles. The first-order valence-electron chi connectivity index (χ1n) is 14.7. The molecule has 0 spiro atoms. The van der Waals surface area contributed by atoms with Gasteiger partial charge in [-0.3, -0.25) is 0 Å². The number of nitrogens with zero attached hydrogens (tertiary/aromatic N) is 3. The number of allylic oxidation sites excluding steroid dienone is 1. The molecule has 0 saturated heterocycles. The number of para-hydroxylation sites is 1. The van der Waals surface area contributed by atoms with Gasteiger partial charge in [-0.1, -0.05) is 140 Å². The zero-order valence-corrected chi connectivity index (χ0v) is 24.4. The van der Waals surface area contributed by atoms with Crippen LogP contribution in [-0.2, 0) is 0 Å². The van der Waals surface area contributed by atoms with Gasteiger partial charge in [-0.2, -0.15) is 0 Å². The average Bonchev–Trinajstić information content (AvgIpc) is 3.09. The van der Waals surface area contributed by atoms with Crippen molar-refractivity contribution in [1.29, 1.82) is 0 Å². The van der Waals surface area contributed by atoms with Crippen LogP contribution in [0.4, 0.5) is 5.69 Å². The van der Waals surface area contributed by atoms with Gasteiger partial charge in [0.15, 0.2) is 17.5 Å². The Bertz CT molecular complexity index is 2060. The van der Waals surface area contributed by atoms with Crippen LogP contribution < -0.4 is 5.73 Å². The summed E-state index contributed by atoms with van der Waals surface area (Å²) in [6.07, 6.45) is 4.06. The van der Waals surface area contributed by atoms with Crippen LogP contribution in [0.2, 0.25) is 0 Å². The number of anilines is 1. The van der Waals surface area contributed by atoms with E-state index in [0.29, 0.717) is 17.5 Å². The van der Waals surface area contributed by atoms with Crippen molar-refractivity contribution < 1.29 is 0 Å². The third kappa shape index (κ3) is 5.37. The lowest BCUT2D eigenvalue weighted by atomic mass is 9.95. The van der Waals surface area contributed by atoms with Gasteiger partial charge >= 0.3 is 0 Å². The Morgan fingerprint density at radius 1 is 0.455 bits per heavy atom. The highest BCUT2D eigenvalue weighted by molar-refractivity contribution is 5.93. The summed E-state index contributed by atoms with van der Waals surface area (Å²) in [5, 5.41) is 2.35. The lowest BCUT2D eigenvalue weighted by molar-refractivity contribution is 1.07. The number of nitrogens with two attached hydrogens (primary N) is 1. The summed E-state index contributed by atoms with van der Waals surface area (Å²) >= 11 is 0. The highest BCUT2D eigenvalue weighted by Gasteiger charge is 2.13. The van der Waals surface area contributed by atoms with E-state index in [1.165, 1.54) is 5.39 Å². The molecule has 4 nitrogen and oxygen atoms in total. The molecular weight excluding hydrogens is 536 g/mol. The lowest BCUT2D eigenvalue weighted by Crippen LogP contribution is -2.00. The van der Waals surface area contributed by atoms with E-state index in [-0.39, 0.29) is 0 Å². The molecule has 0 bridgehead atoms. The second-order valence-corrected chi connectivity index (χ2v) is 10.7. The predicted molar refractivity (Wildman–Crippen MR) is 184 cm³/mol. The van der Waals surface area contributed by atoms with Gasteiger partial charge in [0, 0.05) is 27.9 Å². The molecule has 0 atom stereocenters. The zero-order chi connectivity index (χ0) is 29.9. The van der Waals surface area contributed by atoms with Gasteiger partial charge in [0.05, 0.1) is 0 Å². The van der Waals surface area contributed by atoms with E-state index in [1.54, 1.807) is 0 Å². The molecule has 1 heterocycles. The predicted octanol–water partition coefficient (Wildman–Crippen LogP) is 9.98. The molecule has 1 aromatic heterocycles. The Morgan fingerprint density at radius 2 is 0.955 bits per heavy atom. The molecule has 0 radical (unpaired) electrons. The zero-order valence-electron chi connectivity index (χ0n) is 24.4. The average molecular weight is 567 g/mol. The molecule has 0 fully saturated rings. The summed E-state index contributed by atoms with van der Waals surface area (Å²) in [4.78, 5) is 14.5. The monoisotopic (exact) mass is 566 g/mol. The molecule has 2 N–H and O–H groups in total. The fraction of sp³-hybridized carbons (Fsp3) is 0.0250. The van der Waals surface area contributed by atoms with Crippen molar-refractivity contribution in [3.05, 3.63) is 151 Å². The van der Waals surface area contributed by atoms with Crippen LogP contribution in [-0.4, -0.2) is 15.0 Å². The molecule has 0 aliphatic heterocycles. The van der Waals surface area contributed by atoms with Crippen LogP contribution in [0.25, 0.3) is 73.3 Å². The van der Waals surface area contributed by atoms with Gasteiger partial charge in [-0.25, -0.2) is 15.0 Å². The second kappa shape index (κ2) is 11.8. The van der Waals surface area contributed by atoms with E-state index in [4.69, 9.17) is 20.7 Å². The standard InChI is InChI=1S/C40H30N4/c1-2-10-29-15-9-16-36(37(29)41)34-24-20-28-19-23-33(25-35(28)26-34)27-17-21-32(22-18-27)40-43-38(30-11-5-3-6-12-30)42-39(44-40)31-13-7-4-8-14-31/h2-26H,41H2,1H3/b10-2-. The molecule has 44 heavy (non-hydrogen) atoms. The maximum Gasteiger partial charge on any atom is 0.164 e. The number of rotatable bonds is 6. The van der Waals surface area contributed by atoms with Crippen molar-refractivity contribution in [2.24, 2.45) is 0 Å². The van der Waals surface area contributed by atoms with E-state index in [1.807, 2.05) is 85.8 Å². The molecule has 0 aliphatic carbocycles. The largest absolute Gasteiger partial charge is 0.398 e. The Labute approximate surface area is 257 Å². The van der Waals surface area contributed by atoms with Gasteiger partial charge < -0.3 is 5.73 Å². The SMILES string of the molecule is C/C=C\c1cccc(-c2ccc3ccc(-c4ccc(-c5nc(-c6ccccc6)nc(-c6ccccc6)n5)cc4)cc3c2)c1N. The molecule has 0 aliphatic rings. The van der Waals surface area contributed by atoms with Gasteiger partial charge in [0.25, 0.3) is 0 Å². The fourth-order valence-electron chi connectivity index (χ4n) is 5.50. The van der Waals surface area contributed by atoms with Crippen molar-refractivity contribution in [3.63, 3.8) is 0 Å². The molecular formula is C40H30N4. The fourth-order valence-corrected chi connectivity index (χ4v) is 5.50. The summed E-state index contributed by atoms with van der Waals surface area (Å²) in [6.45, 7) is 2.00. The Kier molecular flexibility index (Phi) is 7.23. The summed E-state index contributed by atoms with van der Waals surface area (Å²) < 4.78 is 0. The first kappa shape index (κ1) is 27.0. The lowest BCUT2D eigenvalue weighted by Gasteiger charge is -2.11. The summed E-state index contributed by atoms with van der Waals surface area (Å²) in [6, 6.07) is 47.8. The molecule has 0 amide bonds. The maximum absolute atomic E-state index is 6.55. The molecule has 6 aromatic carbocycles. The molecule has 4 heteroatoms. The highest BCUT2D eigenvalue weighted by Crippen LogP contribution is 2.34. The number of benzene rings is 6. The second-order valence-electron chi connectivity index (χ2n) is 10.7. The van der Waals surface area contributed by atoms with Crippen LogP contribution in [0.3, 0.4) is 0 Å². The Morgan fingerprint density at radius 3 is 1.55 bits per heavy atom. The quantitative estimate of drug-likeness (QED) is 0.203. The number of hydrogen-bond donors (Lipinski definition) is 1. The molecule has 210 valence electrons. The topological polar surface area (TPSA) is 64.7 Å². The number of hydrogen-bond acceptors (Lipinski definition) is 4. The van der Waals surface area contributed by atoms with E-state index in [9.17, 15) is 0 Å². The minimum Gasteiger partial charge on any atom is -0.398 e. The van der Waals surface area contributed by atoms with Crippen molar-refractivity contribution in [3.8, 4) is 56.4 Å². The van der Waals surface area contributed by atoms with E-state index in [2.05, 4.69) is 72.8 Å². The third-order valence-electron chi connectivity index (χ3n) is 7.81. The number of aromatic nitrogens is 3. The molecule has 0 unspecified atom stereocenters. The van der Waals surface area contributed by atoms with Crippen LogP contribution in [0, 0.1) is 0 Å². The van der Waals surface area contributed by atoms with Gasteiger partial charge in [-0.05, 0) is 52.1 Å². The van der Waals surface area contributed by atoms with Crippen LogP contribution in [0.5, 0.6) is 0 Å². The van der Waals surface area contributed by atoms with E-state index in [0.717, 1.165) is 55.6 Å². The van der Waals surface area contributed by atoms with Gasteiger partial charge in [-0.15, -0.1) is 0 Å². The van der Waals surface area contributed by atoms with Crippen molar-refractivity contribution >= 4 is 22.5 Å². The summed E-state index contributed by atoms with van der Waals surface area (Å²) in [7, 11) is 0. The minimum atomic E-state index is 0.644. The Balaban J connectivity index is 1.24. The summed E-state index contributed by atoms with van der Waals surface area (Å²) in [5.41, 5.74) is 15.6. The first-order valence-corrected chi connectivity index (χ1v) is 14.7. The summed E-state index contributed by atoms with van der Waals surface area (Å²) in [5.74, 6) is 1.95. The van der Waals surface area contributed by atoms with E-state index < -0.39 is 0 Å². The van der Waals surface area contributed by atoms with Gasteiger partial charge in [0.2, 0.25) is 0 Å². The first-order chi connectivity index (χ1) is 21.7. The van der Waals surface area contributed by atoms with Crippen molar-refractivity contribution in [1.82, 2.24) is 15.0 Å². The van der Waals surface area contributed by atoms with E-state index >= 15 is 0 Å². The van der Waals surface area contributed by atoms with Crippen LogP contribution >= 0.6 is 0 Å². The Hall–Kier alpha value is -5.87. The highest BCUT2D eigenvalue weighted by atomic mass is 15.0. The smallest absolute Gasteiger partial charge is 0.164 e. The third-order valence-corrected chi connectivity index (χ3v) is 7.81. The number of nitrogen functional groups attached to an aromatic ring is 1. The number of fused-ring (bicyclic) bond motifs is 1.